The molecule has 1 aromatic carbocycles. The van der Waals surface area contributed by atoms with E-state index < -0.39 is 29.9 Å². The fourth-order valence-electron chi connectivity index (χ4n) is 4.88. The Balaban J connectivity index is 1.68. The third-order valence-electron chi connectivity index (χ3n) is 6.94. The molecular formula is C24H31Cl2N3O5. The van der Waals surface area contributed by atoms with Gasteiger partial charge in [0.1, 0.15) is 12.1 Å². The number of halogens is 2. The standard InChI is InChI=1S/C24H31Cl2N3O5/c1-15(23(33)34)27-20(30)5-4-19(28-21(31)16-12-17(25)14-18(26)13-16)22(32)29-10-8-24(9-11-29)6-2-3-7-24/h12-15,19H,2-11H2,1H3,(H,27,30)(H,28,31)(H,33,34)/t15?,19-/m1/s1. The Morgan fingerprint density at radius 3 is 2.15 bits per heavy atom. The molecule has 1 aromatic rings. The maximum Gasteiger partial charge on any atom is 0.325 e. The van der Waals surface area contributed by atoms with Gasteiger partial charge < -0.3 is 20.6 Å². The Morgan fingerprint density at radius 2 is 1.59 bits per heavy atom. The van der Waals surface area contributed by atoms with Crippen LogP contribution in [0, 0.1) is 5.41 Å². The van der Waals surface area contributed by atoms with E-state index in [1.807, 2.05) is 0 Å². The van der Waals surface area contributed by atoms with Crippen LogP contribution < -0.4 is 10.6 Å². The number of carboxylic acids is 1. The summed E-state index contributed by atoms with van der Waals surface area (Å²) >= 11 is 12.0. The third kappa shape index (κ3) is 6.85. The Bertz CT molecular complexity index is 918. The lowest BCUT2D eigenvalue weighted by Crippen LogP contribution is -2.52. The van der Waals surface area contributed by atoms with Crippen LogP contribution in [0.2, 0.25) is 10.0 Å². The highest BCUT2D eigenvalue weighted by Gasteiger charge is 2.39. The summed E-state index contributed by atoms with van der Waals surface area (Å²) < 4.78 is 0. The van der Waals surface area contributed by atoms with E-state index in [2.05, 4.69) is 10.6 Å². The van der Waals surface area contributed by atoms with Crippen molar-refractivity contribution in [2.45, 2.75) is 70.4 Å². The van der Waals surface area contributed by atoms with Gasteiger partial charge in [0.2, 0.25) is 11.8 Å². The summed E-state index contributed by atoms with van der Waals surface area (Å²) in [7, 11) is 0. The Morgan fingerprint density at radius 1 is 1.00 bits per heavy atom. The average molecular weight is 512 g/mol. The number of hydrogen-bond acceptors (Lipinski definition) is 4. The molecule has 3 rings (SSSR count). The van der Waals surface area contributed by atoms with E-state index in [0.717, 1.165) is 12.8 Å². The van der Waals surface area contributed by atoms with Crippen LogP contribution >= 0.6 is 23.2 Å². The number of amides is 3. The minimum atomic E-state index is -1.15. The molecule has 34 heavy (non-hydrogen) atoms. The molecule has 0 radical (unpaired) electrons. The summed E-state index contributed by atoms with van der Waals surface area (Å²) in [6, 6.07) is 2.43. The van der Waals surface area contributed by atoms with Crippen LogP contribution in [-0.4, -0.2) is 58.9 Å². The largest absolute Gasteiger partial charge is 0.480 e. The molecule has 1 aliphatic heterocycles. The molecule has 1 saturated heterocycles. The second kappa shape index (κ2) is 11.4. The van der Waals surface area contributed by atoms with Gasteiger partial charge in [-0.3, -0.25) is 19.2 Å². The van der Waals surface area contributed by atoms with Crippen LogP contribution in [0.15, 0.2) is 18.2 Å². The monoisotopic (exact) mass is 511 g/mol. The summed E-state index contributed by atoms with van der Waals surface area (Å²) in [6.45, 7) is 2.60. The number of likely N-dealkylation sites (tertiary alicyclic amines) is 1. The second-order valence-corrected chi connectivity index (χ2v) is 10.3. The van der Waals surface area contributed by atoms with Crippen molar-refractivity contribution in [2.75, 3.05) is 13.1 Å². The zero-order chi connectivity index (χ0) is 24.9. The summed E-state index contributed by atoms with van der Waals surface area (Å²) in [4.78, 5) is 51.3. The van der Waals surface area contributed by atoms with Gasteiger partial charge in [0, 0.05) is 35.1 Å². The van der Waals surface area contributed by atoms with E-state index in [4.69, 9.17) is 28.3 Å². The molecule has 1 spiro atoms. The summed E-state index contributed by atoms with van der Waals surface area (Å²) in [5, 5.41) is 14.7. The van der Waals surface area contributed by atoms with E-state index in [0.29, 0.717) is 28.5 Å². The molecule has 0 aromatic heterocycles. The quantitative estimate of drug-likeness (QED) is 0.492. The molecule has 1 saturated carbocycles. The number of nitrogens with one attached hydrogen (secondary N) is 2. The summed E-state index contributed by atoms with van der Waals surface area (Å²) in [5.41, 5.74) is 0.544. The van der Waals surface area contributed by atoms with Gasteiger partial charge in [-0.05, 0) is 62.6 Å². The molecule has 3 N–H and O–H groups in total. The van der Waals surface area contributed by atoms with E-state index in [1.165, 1.54) is 50.8 Å². The number of nitrogens with zero attached hydrogens (tertiary/aromatic N) is 1. The maximum atomic E-state index is 13.4. The number of piperidine rings is 1. The van der Waals surface area contributed by atoms with Gasteiger partial charge in [-0.25, -0.2) is 0 Å². The number of hydrogen-bond donors (Lipinski definition) is 3. The van der Waals surface area contributed by atoms with Crippen molar-refractivity contribution in [2.24, 2.45) is 5.41 Å². The van der Waals surface area contributed by atoms with E-state index in [9.17, 15) is 19.2 Å². The topological polar surface area (TPSA) is 116 Å². The highest BCUT2D eigenvalue weighted by atomic mass is 35.5. The second-order valence-electron chi connectivity index (χ2n) is 9.38. The Hall–Kier alpha value is -2.32. The minimum Gasteiger partial charge on any atom is -0.480 e. The molecule has 1 aliphatic carbocycles. The van der Waals surface area contributed by atoms with Crippen LogP contribution in [0.1, 0.15) is 68.6 Å². The third-order valence-corrected chi connectivity index (χ3v) is 7.37. The van der Waals surface area contributed by atoms with Gasteiger partial charge in [-0.15, -0.1) is 0 Å². The first-order chi connectivity index (χ1) is 16.1. The van der Waals surface area contributed by atoms with Crippen molar-refractivity contribution in [3.63, 3.8) is 0 Å². The molecule has 3 amide bonds. The predicted molar refractivity (Wildman–Crippen MR) is 129 cm³/mol. The molecular weight excluding hydrogens is 481 g/mol. The van der Waals surface area contributed by atoms with E-state index in [1.54, 1.807) is 4.90 Å². The van der Waals surface area contributed by atoms with Crippen LogP contribution in [0.4, 0.5) is 0 Å². The molecule has 1 heterocycles. The molecule has 186 valence electrons. The van der Waals surface area contributed by atoms with Gasteiger partial charge in [-0.2, -0.15) is 0 Å². The number of aliphatic carboxylic acids is 1. The van der Waals surface area contributed by atoms with Crippen LogP contribution in [0.3, 0.4) is 0 Å². The number of carbonyl (C=O) groups is 4. The fraction of sp³-hybridized carbons (Fsp3) is 0.583. The lowest BCUT2D eigenvalue weighted by atomic mass is 9.77. The van der Waals surface area contributed by atoms with E-state index in [-0.39, 0.29) is 24.3 Å². The SMILES string of the molecule is CC(NC(=O)CC[C@@H](NC(=O)c1cc(Cl)cc(Cl)c1)C(=O)N1CCC2(CCCC2)CC1)C(=O)O. The zero-order valence-corrected chi connectivity index (χ0v) is 20.8. The predicted octanol–water partition coefficient (Wildman–Crippen LogP) is 3.64. The molecule has 2 atom stereocenters. The van der Waals surface area contributed by atoms with Crippen LogP contribution in [0.5, 0.6) is 0 Å². The van der Waals surface area contributed by atoms with Crippen LogP contribution in [0.25, 0.3) is 0 Å². The molecule has 0 bridgehead atoms. The molecule has 2 aliphatic rings. The molecule has 2 fully saturated rings. The van der Waals surface area contributed by atoms with Gasteiger partial charge >= 0.3 is 5.97 Å². The normalized spacial score (nSPS) is 18.9. The van der Waals surface area contributed by atoms with Gasteiger partial charge in [-0.1, -0.05) is 36.0 Å². The zero-order valence-electron chi connectivity index (χ0n) is 19.2. The average Bonchev–Trinajstić information content (AvgIpc) is 3.23. The van der Waals surface area contributed by atoms with Crippen molar-refractivity contribution in [1.82, 2.24) is 15.5 Å². The number of rotatable bonds is 8. The van der Waals surface area contributed by atoms with Gasteiger partial charge in [0.15, 0.2) is 0 Å². The first-order valence-corrected chi connectivity index (χ1v) is 12.4. The first-order valence-electron chi connectivity index (χ1n) is 11.7. The summed E-state index contributed by atoms with van der Waals surface area (Å²) in [6.07, 6.45) is 6.69. The smallest absolute Gasteiger partial charge is 0.325 e. The highest BCUT2D eigenvalue weighted by Crippen LogP contribution is 2.46. The molecule has 1 unspecified atom stereocenters. The van der Waals surface area contributed by atoms with Crippen molar-refractivity contribution in [1.29, 1.82) is 0 Å². The Labute approximate surface area is 209 Å². The Kier molecular flexibility index (Phi) is 8.82. The molecule has 10 heteroatoms. The number of carbonyl (C=O) groups excluding carboxylic acids is 3. The lowest BCUT2D eigenvalue weighted by Gasteiger charge is -2.40. The fourth-order valence-corrected chi connectivity index (χ4v) is 5.41. The molecule has 8 nitrogen and oxygen atoms in total. The minimum absolute atomic E-state index is 0.0404. The van der Waals surface area contributed by atoms with Crippen molar-refractivity contribution < 1.29 is 24.3 Å². The van der Waals surface area contributed by atoms with Gasteiger partial charge in [0.05, 0.1) is 0 Å². The number of carboxylic acid groups (broad SMARTS) is 1. The first kappa shape index (κ1) is 26.3. The van der Waals surface area contributed by atoms with Crippen molar-refractivity contribution >= 4 is 46.9 Å². The van der Waals surface area contributed by atoms with Crippen molar-refractivity contribution in [3.8, 4) is 0 Å². The van der Waals surface area contributed by atoms with Gasteiger partial charge in [0.25, 0.3) is 5.91 Å². The lowest BCUT2D eigenvalue weighted by molar-refractivity contribution is -0.141. The van der Waals surface area contributed by atoms with Crippen LogP contribution in [-0.2, 0) is 14.4 Å². The maximum absolute atomic E-state index is 13.4. The highest BCUT2D eigenvalue weighted by molar-refractivity contribution is 6.35. The summed E-state index contributed by atoms with van der Waals surface area (Å²) in [5.74, 6) is -2.42. The van der Waals surface area contributed by atoms with E-state index >= 15 is 0 Å². The van der Waals surface area contributed by atoms with Crippen molar-refractivity contribution in [3.05, 3.63) is 33.8 Å². The number of benzene rings is 1.